The molecule has 0 spiro atoms. The van der Waals surface area contributed by atoms with Crippen LogP contribution in [0.3, 0.4) is 0 Å². The Hall–Kier alpha value is -0.0400. The van der Waals surface area contributed by atoms with Crippen LogP contribution in [0.5, 0.6) is 0 Å². The Balaban J connectivity index is 1.74. The highest BCUT2D eigenvalue weighted by molar-refractivity contribution is 4.92. The Morgan fingerprint density at radius 1 is 1.20 bits per heavy atom. The summed E-state index contributed by atoms with van der Waals surface area (Å²) in [6, 6.07) is 0. The zero-order valence-electron chi connectivity index (χ0n) is 10.7. The predicted octanol–water partition coefficient (Wildman–Crippen LogP) is 3.59. The van der Waals surface area contributed by atoms with Crippen molar-refractivity contribution in [3.63, 3.8) is 0 Å². The van der Waals surface area contributed by atoms with Crippen LogP contribution in [-0.4, -0.2) is 12.1 Å². The fourth-order valence-electron chi connectivity index (χ4n) is 3.75. The highest BCUT2D eigenvalue weighted by atomic mass is 15.0. The maximum absolute atomic E-state index is 3.79. The maximum Gasteiger partial charge on any atom is 0.0125 e. The summed E-state index contributed by atoms with van der Waals surface area (Å²) in [7, 11) is 0. The molecule has 1 nitrogen and oxygen atoms in total. The molecule has 0 radical (unpaired) electrons. The van der Waals surface area contributed by atoms with Crippen LogP contribution >= 0.6 is 0 Å². The molecule has 0 aromatic rings. The average Bonchev–Trinajstić information content (AvgIpc) is 2.75. The predicted molar refractivity (Wildman–Crippen MR) is 65.9 cm³/mol. The van der Waals surface area contributed by atoms with Gasteiger partial charge in [-0.1, -0.05) is 19.8 Å². The first kappa shape index (κ1) is 11.4. The van der Waals surface area contributed by atoms with Gasteiger partial charge in [0.1, 0.15) is 0 Å². The number of rotatable bonds is 5. The van der Waals surface area contributed by atoms with E-state index in [0.29, 0.717) is 5.54 Å². The van der Waals surface area contributed by atoms with E-state index < -0.39 is 0 Å². The van der Waals surface area contributed by atoms with Crippen molar-refractivity contribution in [2.45, 2.75) is 64.8 Å². The first-order valence-corrected chi connectivity index (χ1v) is 6.86. The largest absolute Gasteiger partial charge is 0.312 e. The summed E-state index contributed by atoms with van der Waals surface area (Å²) in [6.07, 6.45) is 8.69. The third-order valence-electron chi connectivity index (χ3n) is 4.60. The van der Waals surface area contributed by atoms with Crippen LogP contribution in [-0.2, 0) is 0 Å². The van der Waals surface area contributed by atoms with E-state index in [1.807, 2.05) is 0 Å². The second kappa shape index (κ2) is 4.45. The van der Waals surface area contributed by atoms with Crippen molar-refractivity contribution in [1.82, 2.24) is 5.32 Å². The van der Waals surface area contributed by atoms with Gasteiger partial charge >= 0.3 is 0 Å². The van der Waals surface area contributed by atoms with Crippen molar-refractivity contribution in [1.29, 1.82) is 0 Å². The quantitative estimate of drug-likeness (QED) is 0.729. The van der Waals surface area contributed by atoms with E-state index in [9.17, 15) is 0 Å². The molecule has 1 N–H and O–H groups in total. The average molecular weight is 209 g/mol. The molecule has 2 aliphatic carbocycles. The van der Waals surface area contributed by atoms with Gasteiger partial charge in [0.15, 0.2) is 0 Å². The van der Waals surface area contributed by atoms with Gasteiger partial charge < -0.3 is 5.32 Å². The lowest BCUT2D eigenvalue weighted by Gasteiger charge is -2.30. The molecule has 2 saturated carbocycles. The minimum atomic E-state index is 0.358. The van der Waals surface area contributed by atoms with Crippen LogP contribution in [0, 0.1) is 17.8 Å². The molecule has 2 rings (SSSR count). The molecule has 88 valence electrons. The summed E-state index contributed by atoms with van der Waals surface area (Å²) in [5.41, 5.74) is 0.358. The van der Waals surface area contributed by atoms with Crippen LogP contribution in [0.4, 0.5) is 0 Å². The Morgan fingerprint density at radius 2 is 2.00 bits per heavy atom. The molecule has 15 heavy (non-hydrogen) atoms. The van der Waals surface area contributed by atoms with Crippen molar-refractivity contribution >= 4 is 0 Å². The summed E-state index contributed by atoms with van der Waals surface area (Å²) in [6.45, 7) is 8.25. The van der Waals surface area contributed by atoms with Gasteiger partial charge in [0, 0.05) is 5.54 Å². The van der Waals surface area contributed by atoms with Crippen molar-refractivity contribution in [3.05, 3.63) is 0 Å². The Kier molecular flexibility index (Phi) is 3.39. The third kappa shape index (κ3) is 2.75. The maximum atomic E-state index is 3.79. The second-order valence-corrected chi connectivity index (χ2v) is 6.45. The Morgan fingerprint density at radius 3 is 2.53 bits per heavy atom. The number of hydrogen-bond acceptors (Lipinski definition) is 1. The van der Waals surface area contributed by atoms with Gasteiger partial charge in [-0.3, -0.25) is 0 Å². The van der Waals surface area contributed by atoms with Crippen LogP contribution in [0.1, 0.15) is 59.3 Å². The molecule has 1 heteroatoms. The van der Waals surface area contributed by atoms with Gasteiger partial charge in [-0.15, -0.1) is 0 Å². The van der Waals surface area contributed by atoms with E-state index in [4.69, 9.17) is 0 Å². The molecule has 2 aliphatic rings. The molecule has 0 heterocycles. The minimum absolute atomic E-state index is 0.358. The zero-order valence-corrected chi connectivity index (χ0v) is 10.7. The molecule has 0 aliphatic heterocycles. The zero-order chi connectivity index (χ0) is 10.9. The lowest BCUT2D eigenvalue weighted by molar-refractivity contribution is 0.269. The molecular formula is C14H27N. The summed E-state index contributed by atoms with van der Waals surface area (Å²) in [4.78, 5) is 0. The highest BCUT2D eigenvalue weighted by Crippen LogP contribution is 2.48. The van der Waals surface area contributed by atoms with Crippen LogP contribution in [0.25, 0.3) is 0 Å². The van der Waals surface area contributed by atoms with Gasteiger partial charge in [0.2, 0.25) is 0 Å². The van der Waals surface area contributed by atoms with Crippen LogP contribution in [0.15, 0.2) is 0 Å². The molecule has 3 unspecified atom stereocenters. The van der Waals surface area contributed by atoms with Crippen molar-refractivity contribution < 1.29 is 0 Å². The fourth-order valence-corrected chi connectivity index (χ4v) is 3.75. The van der Waals surface area contributed by atoms with E-state index in [2.05, 4.69) is 26.1 Å². The smallest absolute Gasteiger partial charge is 0.0125 e. The number of fused-ring (bicyclic) bond motifs is 2. The first-order valence-electron chi connectivity index (χ1n) is 6.86. The highest BCUT2D eigenvalue weighted by Gasteiger charge is 2.39. The lowest BCUT2D eigenvalue weighted by atomic mass is 9.87. The van der Waals surface area contributed by atoms with Gasteiger partial charge in [0.25, 0.3) is 0 Å². The summed E-state index contributed by atoms with van der Waals surface area (Å²) in [5, 5.41) is 3.79. The van der Waals surface area contributed by atoms with E-state index in [0.717, 1.165) is 17.8 Å². The molecule has 2 fully saturated rings. The lowest BCUT2D eigenvalue weighted by Crippen LogP contribution is -2.42. The van der Waals surface area contributed by atoms with E-state index >= 15 is 0 Å². The van der Waals surface area contributed by atoms with E-state index in [1.54, 1.807) is 6.42 Å². The van der Waals surface area contributed by atoms with Gasteiger partial charge in [-0.2, -0.15) is 0 Å². The van der Waals surface area contributed by atoms with Gasteiger partial charge in [-0.25, -0.2) is 0 Å². The van der Waals surface area contributed by atoms with Crippen LogP contribution < -0.4 is 5.32 Å². The van der Waals surface area contributed by atoms with E-state index in [-0.39, 0.29) is 0 Å². The molecule has 0 aromatic carbocycles. The van der Waals surface area contributed by atoms with Gasteiger partial charge in [-0.05, 0) is 63.8 Å². The Labute approximate surface area is 95.0 Å². The second-order valence-electron chi connectivity index (χ2n) is 6.45. The number of hydrogen-bond donors (Lipinski definition) is 1. The fraction of sp³-hybridized carbons (Fsp3) is 1.00. The topological polar surface area (TPSA) is 12.0 Å². The molecule has 0 saturated heterocycles. The van der Waals surface area contributed by atoms with Gasteiger partial charge in [0.05, 0.1) is 0 Å². The monoisotopic (exact) mass is 209 g/mol. The summed E-state index contributed by atoms with van der Waals surface area (Å²) >= 11 is 0. The summed E-state index contributed by atoms with van der Waals surface area (Å²) < 4.78 is 0. The molecule has 0 aromatic heterocycles. The van der Waals surface area contributed by atoms with Crippen LogP contribution in [0.2, 0.25) is 0 Å². The van der Waals surface area contributed by atoms with E-state index in [1.165, 1.54) is 38.6 Å². The number of nitrogens with one attached hydrogen (secondary N) is 1. The SMILES string of the molecule is CCCC(C)(C)NCC1CC2CCC1C2. The Bertz CT molecular complexity index is 209. The molecular weight excluding hydrogens is 182 g/mol. The van der Waals surface area contributed by atoms with Crippen molar-refractivity contribution in [2.75, 3.05) is 6.54 Å². The molecule has 3 atom stereocenters. The first-order chi connectivity index (χ1) is 7.11. The van der Waals surface area contributed by atoms with Crippen molar-refractivity contribution in [3.8, 4) is 0 Å². The minimum Gasteiger partial charge on any atom is -0.312 e. The standard InChI is InChI=1S/C14H27N/c1-4-7-14(2,3)15-10-13-9-11-5-6-12(13)8-11/h11-13,15H,4-10H2,1-3H3. The third-order valence-corrected chi connectivity index (χ3v) is 4.60. The molecule has 0 amide bonds. The normalized spacial score (nSPS) is 35.0. The molecule has 2 bridgehead atoms. The van der Waals surface area contributed by atoms with Crippen molar-refractivity contribution in [2.24, 2.45) is 17.8 Å². The summed E-state index contributed by atoms with van der Waals surface area (Å²) in [5.74, 6) is 3.16.